The molecular formula is C19H14ClN7OS. The van der Waals surface area contributed by atoms with Crippen molar-refractivity contribution in [2.75, 3.05) is 0 Å². The van der Waals surface area contributed by atoms with Crippen molar-refractivity contribution in [3.63, 3.8) is 0 Å². The first-order valence-corrected chi connectivity index (χ1v) is 9.82. The predicted octanol–water partition coefficient (Wildman–Crippen LogP) is 4.17. The predicted molar refractivity (Wildman–Crippen MR) is 111 cm³/mol. The Morgan fingerprint density at radius 1 is 1.24 bits per heavy atom. The van der Waals surface area contributed by atoms with Crippen LogP contribution in [-0.2, 0) is 0 Å². The Kier molecular flexibility index (Phi) is 5.20. The van der Waals surface area contributed by atoms with Gasteiger partial charge in [-0.3, -0.25) is 0 Å². The van der Waals surface area contributed by atoms with Gasteiger partial charge in [0.15, 0.2) is 5.82 Å². The van der Waals surface area contributed by atoms with Crippen LogP contribution in [0.5, 0.6) is 0 Å². The van der Waals surface area contributed by atoms with Crippen LogP contribution in [0, 0.1) is 11.3 Å². The molecule has 0 fully saturated rings. The van der Waals surface area contributed by atoms with E-state index in [4.69, 9.17) is 11.6 Å². The Hall–Kier alpha value is -3.35. The molecule has 4 aromatic rings. The van der Waals surface area contributed by atoms with E-state index in [1.165, 1.54) is 16.4 Å². The number of para-hydroxylation sites is 2. The van der Waals surface area contributed by atoms with E-state index < -0.39 is 5.25 Å². The lowest BCUT2D eigenvalue weighted by Crippen LogP contribution is -2.07. The van der Waals surface area contributed by atoms with E-state index in [1.54, 1.807) is 31.2 Å². The topological polar surface area (TPSA) is 116 Å². The van der Waals surface area contributed by atoms with E-state index in [-0.39, 0.29) is 11.3 Å². The molecular weight excluding hydrogens is 410 g/mol. The van der Waals surface area contributed by atoms with Crippen LogP contribution >= 0.6 is 23.4 Å². The largest absolute Gasteiger partial charge is 0.510 e. The Labute approximate surface area is 174 Å². The molecule has 2 aromatic heterocycles. The highest BCUT2D eigenvalue weighted by atomic mass is 35.5. The van der Waals surface area contributed by atoms with Crippen molar-refractivity contribution in [1.29, 1.82) is 5.26 Å². The maximum atomic E-state index is 10.7. The molecule has 2 aromatic carbocycles. The van der Waals surface area contributed by atoms with Crippen molar-refractivity contribution in [3.8, 4) is 11.8 Å². The number of allylic oxidation sites excluding steroid dienone is 1. The van der Waals surface area contributed by atoms with Crippen molar-refractivity contribution in [2.45, 2.75) is 17.3 Å². The van der Waals surface area contributed by atoms with E-state index in [9.17, 15) is 10.4 Å². The quantitative estimate of drug-likeness (QED) is 0.281. The maximum absolute atomic E-state index is 10.7. The van der Waals surface area contributed by atoms with E-state index in [0.29, 0.717) is 16.0 Å². The number of aliphatic hydroxyl groups excluding tert-OH is 1. The number of imidazole rings is 1. The van der Waals surface area contributed by atoms with Gasteiger partial charge in [0, 0.05) is 5.02 Å². The van der Waals surface area contributed by atoms with Crippen molar-refractivity contribution in [1.82, 2.24) is 30.2 Å². The fourth-order valence-electron chi connectivity index (χ4n) is 2.72. The molecule has 4 rings (SSSR count). The second kappa shape index (κ2) is 7.95. The van der Waals surface area contributed by atoms with Gasteiger partial charge < -0.3 is 10.1 Å². The first-order valence-electron chi connectivity index (χ1n) is 8.56. The number of tetrazole rings is 1. The molecule has 0 aliphatic rings. The Balaban J connectivity index is 1.64. The summed E-state index contributed by atoms with van der Waals surface area (Å²) in [6, 6.07) is 16.5. The third kappa shape index (κ3) is 3.81. The number of nitrogens with zero attached hydrogens (tertiary/aromatic N) is 6. The second-order valence-corrected chi connectivity index (χ2v) is 7.83. The smallest absolute Gasteiger partial charge is 0.214 e. The van der Waals surface area contributed by atoms with Crippen LogP contribution in [0.25, 0.3) is 22.3 Å². The molecule has 0 spiro atoms. The van der Waals surface area contributed by atoms with Gasteiger partial charge in [-0.15, -0.1) is 5.10 Å². The number of halogens is 1. The Morgan fingerprint density at radius 2 is 2.00 bits per heavy atom. The molecule has 0 saturated heterocycles. The minimum absolute atomic E-state index is 0.0757. The Morgan fingerprint density at radius 3 is 2.72 bits per heavy atom. The van der Waals surface area contributed by atoms with E-state index in [0.717, 1.165) is 16.7 Å². The molecule has 8 nitrogen and oxygen atoms in total. The number of rotatable bonds is 5. The molecule has 144 valence electrons. The van der Waals surface area contributed by atoms with Crippen molar-refractivity contribution < 1.29 is 5.11 Å². The third-order valence-electron chi connectivity index (χ3n) is 4.17. The average molecular weight is 424 g/mol. The van der Waals surface area contributed by atoms with Crippen molar-refractivity contribution in [2.24, 2.45) is 0 Å². The van der Waals surface area contributed by atoms with Crippen LogP contribution in [0.2, 0.25) is 5.02 Å². The number of nitrogens with one attached hydrogen (secondary N) is 1. The SMILES string of the molecule is CC(Sc1nnnn1-c1ccc(Cl)cc1)/C(O)=C(\C#N)c1nc2ccccc2[nH]1. The Bertz CT molecular complexity index is 1210. The number of fused-ring (bicyclic) bond motifs is 1. The summed E-state index contributed by atoms with van der Waals surface area (Å²) in [5, 5.41) is 32.7. The summed E-state index contributed by atoms with van der Waals surface area (Å²) in [6.07, 6.45) is 0. The molecule has 10 heteroatoms. The number of aromatic amines is 1. The minimum atomic E-state index is -0.491. The molecule has 29 heavy (non-hydrogen) atoms. The first-order chi connectivity index (χ1) is 14.1. The molecule has 0 bridgehead atoms. The summed E-state index contributed by atoms with van der Waals surface area (Å²) >= 11 is 7.15. The summed E-state index contributed by atoms with van der Waals surface area (Å²) < 4.78 is 1.54. The van der Waals surface area contributed by atoms with Gasteiger partial charge >= 0.3 is 0 Å². The normalized spacial score (nSPS) is 13.1. The lowest BCUT2D eigenvalue weighted by atomic mass is 10.2. The second-order valence-electron chi connectivity index (χ2n) is 6.08. The number of nitriles is 1. The van der Waals surface area contributed by atoms with Crippen LogP contribution in [0.1, 0.15) is 12.7 Å². The fraction of sp³-hybridized carbons (Fsp3) is 0.105. The molecule has 2 N–H and O–H groups in total. The van der Waals surface area contributed by atoms with Crippen molar-refractivity contribution >= 4 is 40.0 Å². The van der Waals surface area contributed by atoms with Crippen LogP contribution < -0.4 is 0 Å². The monoisotopic (exact) mass is 423 g/mol. The number of hydrogen-bond acceptors (Lipinski definition) is 7. The molecule has 0 radical (unpaired) electrons. The number of aliphatic hydroxyl groups is 1. The first kappa shape index (κ1) is 19.0. The van der Waals surface area contributed by atoms with Gasteiger partial charge in [0.25, 0.3) is 0 Å². The highest BCUT2D eigenvalue weighted by Crippen LogP contribution is 2.30. The van der Waals surface area contributed by atoms with Crippen LogP contribution in [-0.4, -0.2) is 40.5 Å². The lowest BCUT2D eigenvalue weighted by Gasteiger charge is -2.11. The standard InChI is InChI=1S/C19H14ClN7OS/c1-11(29-19-24-25-26-27(19)13-8-6-12(20)7-9-13)17(28)14(10-21)18-22-15-4-2-3-5-16(15)23-18/h2-9,11,28H,1H3,(H,22,23)/b17-14-. The molecule has 0 aliphatic heterocycles. The zero-order valence-corrected chi connectivity index (χ0v) is 16.7. The number of hydrogen-bond donors (Lipinski definition) is 2. The molecule has 1 unspecified atom stereocenters. The summed E-state index contributed by atoms with van der Waals surface area (Å²) in [5.74, 6) is 0.207. The molecule has 2 heterocycles. The zero-order valence-electron chi connectivity index (χ0n) is 15.1. The van der Waals surface area contributed by atoms with Gasteiger partial charge in [0.2, 0.25) is 5.16 Å². The summed E-state index contributed by atoms with van der Waals surface area (Å²) in [6.45, 7) is 1.76. The van der Waals surface area contributed by atoms with E-state index in [2.05, 4.69) is 25.5 Å². The third-order valence-corrected chi connectivity index (χ3v) is 5.47. The summed E-state index contributed by atoms with van der Waals surface area (Å²) in [5.41, 5.74) is 2.31. The summed E-state index contributed by atoms with van der Waals surface area (Å²) in [4.78, 5) is 7.46. The van der Waals surface area contributed by atoms with E-state index in [1.807, 2.05) is 30.3 Å². The number of benzene rings is 2. The fourth-order valence-corrected chi connectivity index (χ4v) is 3.71. The molecule has 0 aliphatic carbocycles. The van der Waals surface area contributed by atoms with E-state index >= 15 is 0 Å². The van der Waals surface area contributed by atoms with Crippen molar-refractivity contribution in [3.05, 3.63) is 65.1 Å². The minimum Gasteiger partial charge on any atom is -0.510 e. The number of aromatic nitrogens is 6. The number of thioether (sulfide) groups is 1. The van der Waals surface area contributed by atoms with Gasteiger partial charge in [-0.2, -0.15) is 9.94 Å². The highest BCUT2D eigenvalue weighted by molar-refractivity contribution is 7.99. The molecule has 0 saturated carbocycles. The maximum Gasteiger partial charge on any atom is 0.214 e. The van der Waals surface area contributed by atoms with Gasteiger partial charge in [-0.05, 0) is 53.7 Å². The molecule has 0 amide bonds. The zero-order chi connectivity index (χ0) is 20.4. The summed E-state index contributed by atoms with van der Waals surface area (Å²) in [7, 11) is 0. The van der Waals surface area contributed by atoms with Gasteiger partial charge in [-0.1, -0.05) is 35.5 Å². The number of H-pyrrole nitrogens is 1. The highest BCUT2D eigenvalue weighted by Gasteiger charge is 2.21. The van der Waals surface area contributed by atoms with Gasteiger partial charge in [0.05, 0.1) is 22.0 Å². The van der Waals surface area contributed by atoms with Crippen LogP contribution in [0.3, 0.4) is 0 Å². The van der Waals surface area contributed by atoms with Crippen LogP contribution in [0.15, 0.2) is 59.4 Å². The average Bonchev–Trinajstić information content (AvgIpc) is 3.36. The van der Waals surface area contributed by atoms with Gasteiger partial charge in [0.1, 0.15) is 17.4 Å². The lowest BCUT2D eigenvalue weighted by molar-refractivity contribution is 0.401. The van der Waals surface area contributed by atoms with Gasteiger partial charge in [-0.25, -0.2) is 4.98 Å². The van der Waals surface area contributed by atoms with Crippen LogP contribution in [0.4, 0.5) is 0 Å². The molecule has 1 atom stereocenters.